The number of likely N-dealkylation sites (N-methyl/N-ethyl adjacent to an activating group) is 1. The first-order valence-corrected chi connectivity index (χ1v) is 6.39. The highest BCUT2D eigenvalue weighted by molar-refractivity contribution is 5.84. The average molecular weight is 226 g/mol. The number of nitrogens with zero attached hydrogens (tertiary/aromatic N) is 2. The Kier molecular flexibility index (Phi) is 5.42. The third-order valence-electron chi connectivity index (χ3n) is 2.90. The molecule has 0 aliphatic heterocycles. The van der Waals surface area contributed by atoms with Crippen molar-refractivity contribution in [2.45, 2.75) is 26.7 Å². The molecule has 0 unspecified atom stereocenters. The van der Waals surface area contributed by atoms with Crippen molar-refractivity contribution in [1.29, 1.82) is 0 Å². The van der Waals surface area contributed by atoms with Crippen LogP contribution in [0.2, 0.25) is 0 Å². The molecule has 0 amide bonds. The molecule has 1 saturated carbocycles. The van der Waals surface area contributed by atoms with Gasteiger partial charge in [-0.2, -0.15) is 0 Å². The van der Waals surface area contributed by atoms with E-state index in [4.69, 9.17) is 0 Å². The van der Waals surface area contributed by atoms with Gasteiger partial charge in [0.25, 0.3) is 0 Å². The second kappa shape index (κ2) is 6.36. The Labute approximate surface area is 99.8 Å². The fraction of sp³-hybridized carbons (Fsp3) is 0.923. The maximum Gasteiger partial charge on any atom is 0.149 e. The Morgan fingerprint density at radius 1 is 1.25 bits per heavy atom. The van der Waals surface area contributed by atoms with Crippen LogP contribution in [0.25, 0.3) is 0 Å². The standard InChI is InChI=1S/C13H26N2O/c1-11(2)9-15(8-7-14(3)4)10-13(16)12-5-6-12/h11-12H,5-10H2,1-4H3. The van der Waals surface area contributed by atoms with E-state index in [1.807, 2.05) is 0 Å². The third-order valence-corrected chi connectivity index (χ3v) is 2.90. The molecule has 3 heteroatoms. The van der Waals surface area contributed by atoms with Crippen molar-refractivity contribution in [3.63, 3.8) is 0 Å². The molecule has 0 aromatic heterocycles. The average Bonchev–Trinajstić information content (AvgIpc) is 2.95. The van der Waals surface area contributed by atoms with Crippen molar-refractivity contribution in [2.24, 2.45) is 11.8 Å². The molecule has 1 aliphatic rings. The lowest BCUT2D eigenvalue weighted by atomic mass is 10.2. The van der Waals surface area contributed by atoms with E-state index in [1.54, 1.807) is 0 Å². The first kappa shape index (κ1) is 13.7. The van der Waals surface area contributed by atoms with Gasteiger partial charge < -0.3 is 4.90 Å². The minimum atomic E-state index is 0.397. The van der Waals surface area contributed by atoms with Gasteiger partial charge in [-0.25, -0.2) is 0 Å². The molecule has 0 radical (unpaired) electrons. The van der Waals surface area contributed by atoms with E-state index in [1.165, 1.54) is 0 Å². The first-order chi connectivity index (χ1) is 7.49. The van der Waals surface area contributed by atoms with Crippen LogP contribution in [-0.4, -0.2) is 55.9 Å². The van der Waals surface area contributed by atoms with Gasteiger partial charge in [-0.3, -0.25) is 9.69 Å². The van der Waals surface area contributed by atoms with Gasteiger partial charge in [-0.15, -0.1) is 0 Å². The van der Waals surface area contributed by atoms with Gasteiger partial charge in [0, 0.05) is 25.6 Å². The van der Waals surface area contributed by atoms with E-state index in [2.05, 4.69) is 37.7 Å². The lowest BCUT2D eigenvalue weighted by molar-refractivity contribution is -0.121. The second-order valence-electron chi connectivity index (χ2n) is 5.67. The second-order valence-corrected chi connectivity index (χ2v) is 5.67. The molecule has 0 heterocycles. The van der Waals surface area contributed by atoms with E-state index in [0.717, 1.165) is 32.5 Å². The van der Waals surface area contributed by atoms with Crippen molar-refractivity contribution < 1.29 is 4.79 Å². The molecule has 0 N–H and O–H groups in total. The summed E-state index contributed by atoms with van der Waals surface area (Å²) in [6, 6.07) is 0. The minimum absolute atomic E-state index is 0.397. The predicted molar refractivity (Wildman–Crippen MR) is 67.6 cm³/mol. The van der Waals surface area contributed by atoms with Crippen LogP contribution >= 0.6 is 0 Å². The van der Waals surface area contributed by atoms with Gasteiger partial charge in [0.1, 0.15) is 5.78 Å². The normalized spacial score (nSPS) is 16.4. The van der Waals surface area contributed by atoms with Gasteiger partial charge in [-0.05, 0) is 32.9 Å². The summed E-state index contributed by atoms with van der Waals surface area (Å²) in [7, 11) is 4.16. The van der Waals surface area contributed by atoms with Crippen molar-refractivity contribution in [3.05, 3.63) is 0 Å². The van der Waals surface area contributed by atoms with Crippen LogP contribution in [0.1, 0.15) is 26.7 Å². The monoisotopic (exact) mass is 226 g/mol. The summed E-state index contributed by atoms with van der Waals surface area (Å²) >= 11 is 0. The SMILES string of the molecule is CC(C)CN(CCN(C)C)CC(=O)C1CC1. The first-order valence-electron chi connectivity index (χ1n) is 6.39. The zero-order chi connectivity index (χ0) is 12.1. The highest BCUT2D eigenvalue weighted by Gasteiger charge is 2.30. The molecule has 3 nitrogen and oxygen atoms in total. The number of rotatable bonds is 8. The number of hydrogen-bond donors (Lipinski definition) is 0. The quantitative estimate of drug-likeness (QED) is 0.626. The third kappa shape index (κ3) is 5.61. The molecule has 0 bridgehead atoms. The molecule has 16 heavy (non-hydrogen) atoms. The maximum absolute atomic E-state index is 11.8. The summed E-state index contributed by atoms with van der Waals surface area (Å²) < 4.78 is 0. The summed E-state index contributed by atoms with van der Waals surface area (Å²) in [5, 5.41) is 0. The molecular weight excluding hydrogens is 200 g/mol. The highest BCUT2D eigenvalue weighted by Crippen LogP contribution is 2.29. The molecule has 0 atom stereocenters. The molecule has 0 spiro atoms. The summed E-state index contributed by atoms with van der Waals surface area (Å²) in [5.74, 6) is 1.49. The molecule has 0 aromatic carbocycles. The highest BCUT2D eigenvalue weighted by atomic mass is 16.1. The summed E-state index contributed by atoms with van der Waals surface area (Å²) in [6.07, 6.45) is 2.25. The van der Waals surface area contributed by atoms with Crippen LogP contribution in [0.5, 0.6) is 0 Å². The molecule has 0 saturated heterocycles. The summed E-state index contributed by atoms with van der Waals surface area (Å²) in [6.45, 7) is 8.16. The Morgan fingerprint density at radius 2 is 1.88 bits per heavy atom. The van der Waals surface area contributed by atoms with Crippen LogP contribution in [-0.2, 0) is 4.79 Å². The van der Waals surface area contributed by atoms with Gasteiger partial charge in [0.15, 0.2) is 0 Å². The number of hydrogen-bond acceptors (Lipinski definition) is 3. The van der Waals surface area contributed by atoms with Gasteiger partial charge in [0.05, 0.1) is 6.54 Å². The largest absolute Gasteiger partial charge is 0.308 e. The lowest BCUT2D eigenvalue weighted by Gasteiger charge is -2.25. The molecule has 1 aliphatic carbocycles. The number of carbonyl (C=O) groups is 1. The van der Waals surface area contributed by atoms with Crippen LogP contribution in [0, 0.1) is 11.8 Å². The van der Waals surface area contributed by atoms with Gasteiger partial charge in [-0.1, -0.05) is 13.8 Å². The van der Waals surface area contributed by atoms with Crippen LogP contribution in [0.4, 0.5) is 0 Å². The Bertz CT molecular complexity index is 222. The van der Waals surface area contributed by atoms with Gasteiger partial charge in [0.2, 0.25) is 0 Å². The molecule has 94 valence electrons. The van der Waals surface area contributed by atoms with Crippen molar-refractivity contribution >= 4 is 5.78 Å². The van der Waals surface area contributed by atoms with Crippen molar-refractivity contribution in [1.82, 2.24) is 9.80 Å². The predicted octanol–water partition coefficient (Wildman–Crippen LogP) is 1.49. The van der Waals surface area contributed by atoms with E-state index < -0.39 is 0 Å². The Hall–Kier alpha value is -0.410. The van der Waals surface area contributed by atoms with E-state index in [-0.39, 0.29) is 0 Å². The van der Waals surface area contributed by atoms with Crippen LogP contribution < -0.4 is 0 Å². The van der Waals surface area contributed by atoms with Gasteiger partial charge >= 0.3 is 0 Å². The zero-order valence-corrected chi connectivity index (χ0v) is 11.2. The fourth-order valence-electron chi connectivity index (χ4n) is 1.85. The minimum Gasteiger partial charge on any atom is -0.308 e. The molecule has 1 rings (SSSR count). The van der Waals surface area contributed by atoms with Crippen LogP contribution in [0.15, 0.2) is 0 Å². The molecule has 1 fully saturated rings. The molecule has 0 aromatic rings. The van der Waals surface area contributed by atoms with E-state index >= 15 is 0 Å². The number of Topliss-reactive ketones (excluding diaryl/α,β-unsaturated/α-hetero) is 1. The summed E-state index contributed by atoms with van der Waals surface area (Å²) in [4.78, 5) is 16.3. The lowest BCUT2D eigenvalue weighted by Crippen LogP contribution is -2.38. The number of ketones is 1. The number of carbonyl (C=O) groups excluding carboxylic acids is 1. The Balaban J connectivity index is 2.32. The Morgan fingerprint density at radius 3 is 2.31 bits per heavy atom. The zero-order valence-electron chi connectivity index (χ0n) is 11.2. The summed E-state index contributed by atoms with van der Waals surface area (Å²) in [5.41, 5.74) is 0. The van der Waals surface area contributed by atoms with E-state index in [9.17, 15) is 4.79 Å². The smallest absolute Gasteiger partial charge is 0.149 e. The maximum atomic E-state index is 11.8. The van der Waals surface area contributed by atoms with Crippen molar-refractivity contribution in [2.75, 3.05) is 40.3 Å². The van der Waals surface area contributed by atoms with Crippen LogP contribution in [0.3, 0.4) is 0 Å². The van der Waals surface area contributed by atoms with Crippen molar-refractivity contribution in [3.8, 4) is 0 Å². The fourth-order valence-corrected chi connectivity index (χ4v) is 1.85. The molecular formula is C13H26N2O. The topological polar surface area (TPSA) is 23.6 Å². The van der Waals surface area contributed by atoms with E-state index in [0.29, 0.717) is 24.2 Å².